The predicted molar refractivity (Wildman–Crippen MR) is 69.6 cm³/mol. The lowest BCUT2D eigenvalue weighted by Gasteiger charge is -2.25. The summed E-state index contributed by atoms with van der Waals surface area (Å²) in [4.78, 5) is 12.1. The van der Waals surface area contributed by atoms with E-state index in [1.807, 2.05) is 13.8 Å². The molecule has 0 fully saturated rings. The van der Waals surface area contributed by atoms with Gasteiger partial charge in [0.1, 0.15) is 0 Å². The molecule has 0 aliphatic heterocycles. The van der Waals surface area contributed by atoms with Crippen molar-refractivity contribution in [3.8, 4) is 0 Å². The SMILES string of the molecule is CC(C)CN(Cc1cccc(C(=O)O)c1)CC(F)(F)F. The van der Waals surface area contributed by atoms with E-state index >= 15 is 0 Å². The maximum Gasteiger partial charge on any atom is 0.401 e. The van der Waals surface area contributed by atoms with E-state index in [1.54, 1.807) is 12.1 Å². The molecule has 0 aliphatic rings. The van der Waals surface area contributed by atoms with Gasteiger partial charge in [-0.05, 0) is 23.6 Å². The number of carboxylic acids is 1. The van der Waals surface area contributed by atoms with Crippen LogP contribution >= 0.6 is 0 Å². The normalized spacial score (nSPS) is 12.2. The molecule has 0 amide bonds. The fourth-order valence-electron chi connectivity index (χ4n) is 2.02. The minimum absolute atomic E-state index is 0.0822. The molecule has 0 spiro atoms. The fourth-order valence-corrected chi connectivity index (χ4v) is 2.02. The molecule has 1 N–H and O–H groups in total. The molecule has 0 heterocycles. The van der Waals surface area contributed by atoms with Gasteiger partial charge in [-0.1, -0.05) is 26.0 Å². The molecule has 0 bridgehead atoms. The van der Waals surface area contributed by atoms with Crippen LogP contribution in [-0.2, 0) is 6.54 Å². The number of nitrogens with zero attached hydrogens (tertiary/aromatic N) is 1. The first-order valence-electron chi connectivity index (χ1n) is 6.28. The summed E-state index contributed by atoms with van der Waals surface area (Å²) >= 11 is 0. The van der Waals surface area contributed by atoms with Crippen molar-refractivity contribution < 1.29 is 23.1 Å². The van der Waals surface area contributed by atoms with Crippen molar-refractivity contribution in [2.45, 2.75) is 26.6 Å². The summed E-state index contributed by atoms with van der Waals surface area (Å²) in [7, 11) is 0. The molecule has 0 aliphatic carbocycles. The van der Waals surface area contributed by atoms with Crippen LogP contribution in [0.5, 0.6) is 0 Å². The van der Waals surface area contributed by atoms with Gasteiger partial charge < -0.3 is 5.11 Å². The lowest BCUT2D eigenvalue weighted by atomic mass is 10.1. The zero-order valence-electron chi connectivity index (χ0n) is 11.4. The Kier molecular flexibility index (Phi) is 5.56. The second-order valence-corrected chi connectivity index (χ2v) is 5.18. The summed E-state index contributed by atoms with van der Waals surface area (Å²) in [5.74, 6) is -0.988. The molecule has 1 aromatic rings. The van der Waals surface area contributed by atoms with E-state index in [2.05, 4.69) is 0 Å². The first-order chi connectivity index (χ1) is 9.17. The average molecular weight is 289 g/mol. The Morgan fingerprint density at radius 2 is 2.00 bits per heavy atom. The Morgan fingerprint density at radius 3 is 2.50 bits per heavy atom. The van der Waals surface area contributed by atoms with Crippen LogP contribution < -0.4 is 0 Å². The van der Waals surface area contributed by atoms with Crippen LogP contribution in [0.25, 0.3) is 0 Å². The summed E-state index contributed by atoms with van der Waals surface area (Å²) in [6.45, 7) is 3.08. The highest BCUT2D eigenvalue weighted by Crippen LogP contribution is 2.19. The third-order valence-corrected chi connectivity index (χ3v) is 2.61. The van der Waals surface area contributed by atoms with Gasteiger partial charge in [-0.2, -0.15) is 13.2 Å². The van der Waals surface area contributed by atoms with Crippen molar-refractivity contribution in [2.24, 2.45) is 5.92 Å². The van der Waals surface area contributed by atoms with Crippen LogP contribution in [0.15, 0.2) is 24.3 Å². The van der Waals surface area contributed by atoms with E-state index in [4.69, 9.17) is 5.11 Å². The minimum atomic E-state index is -4.26. The number of alkyl halides is 3. The topological polar surface area (TPSA) is 40.5 Å². The zero-order chi connectivity index (χ0) is 15.3. The van der Waals surface area contributed by atoms with Crippen LogP contribution in [0.1, 0.15) is 29.8 Å². The van der Waals surface area contributed by atoms with Crippen molar-refractivity contribution in [3.63, 3.8) is 0 Å². The summed E-state index contributed by atoms with van der Waals surface area (Å²) in [6, 6.07) is 6.00. The maximum absolute atomic E-state index is 12.5. The van der Waals surface area contributed by atoms with E-state index in [0.717, 1.165) is 0 Å². The van der Waals surface area contributed by atoms with Crippen LogP contribution in [0.4, 0.5) is 13.2 Å². The largest absolute Gasteiger partial charge is 0.478 e. The number of hydrogen-bond acceptors (Lipinski definition) is 2. The molecule has 3 nitrogen and oxygen atoms in total. The van der Waals surface area contributed by atoms with Gasteiger partial charge in [-0.25, -0.2) is 4.79 Å². The van der Waals surface area contributed by atoms with Crippen LogP contribution in [0.3, 0.4) is 0 Å². The second kappa shape index (κ2) is 6.74. The highest BCUT2D eigenvalue weighted by atomic mass is 19.4. The molecule has 6 heteroatoms. The highest BCUT2D eigenvalue weighted by molar-refractivity contribution is 5.87. The lowest BCUT2D eigenvalue weighted by molar-refractivity contribution is -0.148. The number of carboxylic acid groups (broad SMARTS) is 1. The quantitative estimate of drug-likeness (QED) is 0.872. The van der Waals surface area contributed by atoms with E-state index in [0.29, 0.717) is 12.1 Å². The zero-order valence-corrected chi connectivity index (χ0v) is 11.4. The Hall–Kier alpha value is -1.56. The van der Waals surface area contributed by atoms with E-state index in [9.17, 15) is 18.0 Å². The van der Waals surface area contributed by atoms with Gasteiger partial charge >= 0.3 is 12.1 Å². The molecule has 20 heavy (non-hydrogen) atoms. The predicted octanol–water partition coefficient (Wildman–Crippen LogP) is 3.41. The van der Waals surface area contributed by atoms with Gasteiger partial charge in [-0.3, -0.25) is 4.90 Å². The monoisotopic (exact) mass is 289 g/mol. The van der Waals surface area contributed by atoms with Crippen LogP contribution in [0.2, 0.25) is 0 Å². The van der Waals surface area contributed by atoms with Crippen molar-refractivity contribution in [1.29, 1.82) is 0 Å². The molecule has 0 aromatic heterocycles. The van der Waals surface area contributed by atoms with Crippen molar-refractivity contribution >= 4 is 5.97 Å². The van der Waals surface area contributed by atoms with Gasteiger partial charge in [0, 0.05) is 13.1 Å². The highest BCUT2D eigenvalue weighted by Gasteiger charge is 2.30. The Morgan fingerprint density at radius 1 is 1.35 bits per heavy atom. The molecular weight excluding hydrogens is 271 g/mol. The first kappa shape index (κ1) is 16.5. The summed E-state index contributed by atoms with van der Waals surface area (Å²) in [5, 5.41) is 8.88. The molecule has 0 saturated carbocycles. The lowest BCUT2D eigenvalue weighted by Crippen LogP contribution is -2.36. The average Bonchev–Trinajstić information content (AvgIpc) is 2.25. The number of hydrogen-bond donors (Lipinski definition) is 1. The molecule has 1 rings (SSSR count). The van der Waals surface area contributed by atoms with Crippen molar-refractivity contribution in [2.75, 3.05) is 13.1 Å². The van der Waals surface area contributed by atoms with Gasteiger partial charge in [0.05, 0.1) is 12.1 Å². The van der Waals surface area contributed by atoms with E-state index < -0.39 is 18.7 Å². The molecular formula is C14H18F3NO2. The number of rotatable bonds is 6. The van der Waals surface area contributed by atoms with Crippen LogP contribution in [-0.4, -0.2) is 35.2 Å². The van der Waals surface area contributed by atoms with Gasteiger partial charge in [-0.15, -0.1) is 0 Å². The summed E-state index contributed by atoms with van der Waals surface area (Å²) in [6.07, 6.45) is -4.26. The third-order valence-electron chi connectivity index (χ3n) is 2.61. The molecule has 0 atom stereocenters. The number of halogens is 3. The van der Waals surface area contributed by atoms with Gasteiger partial charge in [0.25, 0.3) is 0 Å². The second-order valence-electron chi connectivity index (χ2n) is 5.18. The number of carbonyl (C=O) groups is 1. The summed E-state index contributed by atoms with van der Waals surface area (Å²) < 4.78 is 37.6. The molecule has 0 unspecified atom stereocenters. The van der Waals surface area contributed by atoms with Crippen LogP contribution in [0, 0.1) is 5.92 Å². The number of aromatic carboxylic acids is 1. The standard InChI is InChI=1S/C14H18F3NO2/c1-10(2)7-18(9-14(15,16)17)8-11-4-3-5-12(6-11)13(19)20/h3-6,10H,7-9H2,1-2H3,(H,19,20). The maximum atomic E-state index is 12.5. The van der Waals surface area contributed by atoms with Crippen molar-refractivity contribution in [1.82, 2.24) is 4.90 Å². The fraction of sp³-hybridized carbons (Fsp3) is 0.500. The third kappa shape index (κ3) is 6.06. The Bertz CT molecular complexity index is 458. The molecule has 112 valence electrons. The first-order valence-corrected chi connectivity index (χ1v) is 6.28. The summed E-state index contributed by atoms with van der Waals surface area (Å²) in [5.41, 5.74) is 0.647. The van der Waals surface area contributed by atoms with Gasteiger partial charge in [0.2, 0.25) is 0 Å². The Balaban J connectivity index is 2.83. The molecule has 1 aromatic carbocycles. The van der Waals surface area contributed by atoms with Gasteiger partial charge in [0.15, 0.2) is 0 Å². The van der Waals surface area contributed by atoms with Crippen molar-refractivity contribution in [3.05, 3.63) is 35.4 Å². The Labute approximate surface area is 116 Å². The number of benzene rings is 1. The van der Waals surface area contributed by atoms with E-state index in [1.165, 1.54) is 17.0 Å². The van der Waals surface area contributed by atoms with E-state index in [-0.39, 0.29) is 18.0 Å². The molecule has 0 saturated heterocycles. The molecule has 0 radical (unpaired) electrons. The smallest absolute Gasteiger partial charge is 0.401 e. The minimum Gasteiger partial charge on any atom is -0.478 e.